The highest BCUT2D eigenvalue weighted by molar-refractivity contribution is 6.43. The van der Waals surface area contributed by atoms with E-state index in [1.54, 1.807) is 42.7 Å². The zero-order valence-electron chi connectivity index (χ0n) is 8.86. The summed E-state index contributed by atoms with van der Waals surface area (Å²) >= 11 is 11.9. The van der Waals surface area contributed by atoms with Crippen LogP contribution in [0.25, 0.3) is 0 Å². The van der Waals surface area contributed by atoms with E-state index in [0.717, 1.165) is 5.56 Å². The quantitative estimate of drug-likeness (QED) is 0.790. The van der Waals surface area contributed by atoms with Crippen LogP contribution in [0.1, 0.15) is 15.9 Å². The molecule has 0 atom stereocenters. The van der Waals surface area contributed by atoms with Gasteiger partial charge in [0.2, 0.25) is 0 Å². The summed E-state index contributed by atoms with van der Waals surface area (Å²) in [7, 11) is 0. The third-order valence-electron chi connectivity index (χ3n) is 2.37. The molecule has 1 aromatic carbocycles. The number of ketones is 1. The number of halogens is 2. The Kier molecular flexibility index (Phi) is 3.77. The molecule has 0 amide bonds. The Morgan fingerprint density at radius 3 is 2.53 bits per heavy atom. The lowest BCUT2D eigenvalue weighted by Crippen LogP contribution is -2.04. The van der Waals surface area contributed by atoms with E-state index in [-0.39, 0.29) is 5.78 Å². The number of rotatable bonds is 3. The molecule has 2 aromatic rings. The van der Waals surface area contributed by atoms with Crippen LogP contribution in [0.5, 0.6) is 0 Å². The molecule has 0 aliphatic rings. The molecule has 0 bridgehead atoms. The molecule has 0 fully saturated rings. The average Bonchev–Trinajstić information content (AvgIpc) is 2.34. The monoisotopic (exact) mass is 265 g/mol. The van der Waals surface area contributed by atoms with Gasteiger partial charge in [0.05, 0.1) is 10.0 Å². The molecule has 2 nitrogen and oxygen atoms in total. The molecule has 2 rings (SSSR count). The predicted molar refractivity (Wildman–Crippen MR) is 68.7 cm³/mol. The first-order valence-electron chi connectivity index (χ1n) is 5.04. The molecule has 0 aliphatic heterocycles. The summed E-state index contributed by atoms with van der Waals surface area (Å²) in [6, 6.07) is 8.66. The molecule has 4 heteroatoms. The molecule has 0 aliphatic carbocycles. The van der Waals surface area contributed by atoms with Crippen molar-refractivity contribution in [1.82, 2.24) is 4.98 Å². The van der Waals surface area contributed by atoms with E-state index in [4.69, 9.17) is 23.2 Å². The van der Waals surface area contributed by atoms with Crippen molar-refractivity contribution in [3.8, 4) is 0 Å². The van der Waals surface area contributed by atoms with Gasteiger partial charge in [0.15, 0.2) is 5.78 Å². The van der Waals surface area contributed by atoms with Crippen LogP contribution in [0.15, 0.2) is 42.7 Å². The predicted octanol–water partition coefficient (Wildman–Crippen LogP) is 3.81. The number of benzene rings is 1. The van der Waals surface area contributed by atoms with E-state index >= 15 is 0 Å². The minimum atomic E-state index is -0.0521. The van der Waals surface area contributed by atoms with Crippen LogP contribution in [-0.2, 0) is 6.42 Å². The van der Waals surface area contributed by atoms with Crippen molar-refractivity contribution in [2.75, 3.05) is 0 Å². The molecule has 0 spiro atoms. The van der Waals surface area contributed by atoms with Crippen LogP contribution >= 0.6 is 23.2 Å². The third-order valence-corrected chi connectivity index (χ3v) is 3.18. The van der Waals surface area contributed by atoms with Gasteiger partial charge in [-0.1, -0.05) is 29.3 Å². The lowest BCUT2D eigenvalue weighted by Gasteiger charge is -2.04. The summed E-state index contributed by atoms with van der Waals surface area (Å²) in [5.74, 6) is -0.0521. The van der Waals surface area contributed by atoms with Gasteiger partial charge in [-0.15, -0.1) is 0 Å². The van der Waals surface area contributed by atoms with Gasteiger partial charge in [-0.05, 0) is 29.8 Å². The molecule has 0 saturated carbocycles. The number of carbonyl (C=O) groups excluding carboxylic acids is 1. The van der Waals surface area contributed by atoms with Crippen molar-refractivity contribution >= 4 is 29.0 Å². The second kappa shape index (κ2) is 5.30. The minimum absolute atomic E-state index is 0.0521. The number of hydrogen-bond acceptors (Lipinski definition) is 2. The number of carbonyl (C=O) groups is 1. The normalized spacial score (nSPS) is 10.2. The van der Waals surface area contributed by atoms with E-state index in [1.165, 1.54) is 0 Å². The van der Waals surface area contributed by atoms with E-state index in [2.05, 4.69) is 4.98 Å². The van der Waals surface area contributed by atoms with Crippen LogP contribution in [0.2, 0.25) is 10.0 Å². The highest BCUT2D eigenvalue weighted by atomic mass is 35.5. The highest BCUT2D eigenvalue weighted by Gasteiger charge is 2.12. The molecule has 86 valence electrons. The summed E-state index contributed by atoms with van der Waals surface area (Å²) in [5, 5.41) is 0.709. The number of nitrogens with zero attached hydrogens (tertiary/aromatic N) is 1. The Balaban J connectivity index is 2.24. The molecule has 17 heavy (non-hydrogen) atoms. The zero-order chi connectivity index (χ0) is 12.3. The molecule has 0 N–H and O–H groups in total. The molecule has 1 aromatic heterocycles. The van der Waals surface area contributed by atoms with Crippen LogP contribution in [0.3, 0.4) is 0 Å². The van der Waals surface area contributed by atoms with Gasteiger partial charge in [0, 0.05) is 24.4 Å². The van der Waals surface area contributed by atoms with Gasteiger partial charge in [0.1, 0.15) is 0 Å². The van der Waals surface area contributed by atoms with Crippen molar-refractivity contribution in [2.45, 2.75) is 6.42 Å². The Morgan fingerprint density at radius 1 is 1.12 bits per heavy atom. The third kappa shape index (κ3) is 2.84. The maximum absolute atomic E-state index is 12.0. The first-order valence-corrected chi connectivity index (χ1v) is 5.80. The fourth-order valence-electron chi connectivity index (χ4n) is 1.50. The summed E-state index contributed by atoms with van der Waals surface area (Å²) in [6.07, 6.45) is 3.60. The number of hydrogen-bond donors (Lipinski definition) is 0. The lowest BCUT2D eigenvalue weighted by atomic mass is 10.0. The first kappa shape index (κ1) is 12.1. The fourth-order valence-corrected chi connectivity index (χ4v) is 1.91. The number of pyridine rings is 1. The number of aromatic nitrogens is 1. The number of Topliss-reactive ketones (excluding diaryl/α,β-unsaturated/α-hetero) is 1. The maximum atomic E-state index is 12.0. The van der Waals surface area contributed by atoms with Crippen molar-refractivity contribution in [3.63, 3.8) is 0 Å². The van der Waals surface area contributed by atoms with Crippen LogP contribution in [-0.4, -0.2) is 10.8 Å². The largest absolute Gasteiger partial charge is 0.294 e. The van der Waals surface area contributed by atoms with Crippen LogP contribution in [0, 0.1) is 0 Å². The van der Waals surface area contributed by atoms with Crippen LogP contribution in [0.4, 0.5) is 0 Å². The summed E-state index contributed by atoms with van der Waals surface area (Å²) in [6.45, 7) is 0. The molecule has 0 radical (unpaired) electrons. The average molecular weight is 266 g/mol. The fraction of sp³-hybridized carbons (Fsp3) is 0.0769. The summed E-state index contributed by atoms with van der Waals surface area (Å²) in [4.78, 5) is 15.9. The van der Waals surface area contributed by atoms with E-state index in [0.29, 0.717) is 22.0 Å². The van der Waals surface area contributed by atoms with E-state index in [9.17, 15) is 4.79 Å². The molecular formula is C13H9Cl2NO. The lowest BCUT2D eigenvalue weighted by molar-refractivity contribution is 0.0993. The molecule has 1 heterocycles. The zero-order valence-corrected chi connectivity index (χ0v) is 10.4. The Morgan fingerprint density at radius 2 is 1.82 bits per heavy atom. The maximum Gasteiger partial charge on any atom is 0.168 e. The Hall–Kier alpha value is -1.38. The smallest absolute Gasteiger partial charge is 0.168 e. The highest BCUT2D eigenvalue weighted by Crippen LogP contribution is 2.26. The molecule has 0 saturated heterocycles. The van der Waals surface area contributed by atoms with Crippen LogP contribution < -0.4 is 0 Å². The van der Waals surface area contributed by atoms with Gasteiger partial charge in [-0.25, -0.2) is 0 Å². The SMILES string of the molecule is O=C(Cc1ccncc1)c1cccc(Cl)c1Cl. The first-order chi connectivity index (χ1) is 8.18. The summed E-state index contributed by atoms with van der Waals surface area (Å²) < 4.78 is 0. The van der Waals surface area contributed by atoms with E-state index in [1.807, 2.05) is 0 Å². The molecule has 0 unspecified atom stereocenters. The Bertz CT molecular complexity index is 540. The van der Waals surface area contributed by atoms with Gasteiger partial charge in [0.25, 0.3) is 0 Å². The molecular weight excluding hydrogens is 257 g/mol. The minimum Gasteiger partial charge on any atom is -0.294 e. The van der Waals surface area contributed by atoms with Crippen molar-refractivity contribution in [1.29, 1.82) is 0 Å². The second-order valence-corrected chi connectivity index (χ2v) is 4.34. The van der Waals surface area contributed by atoms with Gasteiger partial charge in [-0.3, -0.25) is 9.78 Å². The van der Waals surface area contributed by atoms with Crippen molar-refractivity contribution in [3.05, 3.63) is 63.9 Å². The topological polar surface area (TPSA) is 30.0 Å². The van der Waals surface area contributed by atoms with E-state index < -0.39 is 0 Å². The van der Waals surface area contributed by atoms with Gasteiger partial charge >= 0.3 is 0 Å². The Labute approximate surface area is 109 Å². The van der Waals surface area contributed by atoms with Crippen molar-refractivity contribution in [2.24, 2.45) is 0 Å². The van der Waals surface area contributed by atoms with Crippen molar-refractivity contribution < 1.29 is 4.79 Å². The summed E-state index contributed by atoms with van der Waals surface area (Å²) in [5.41, 5.74) is 1.36. The van der Waals surface area contributed by atoms with Gasteiger partial charge < -0.3 is 0 Å². The second-order valence-electron chi connectivity index (χ2n) is 3.56. The standard InChI is InChI=1S/C13H9Cl2NO/c14-11-3-1-2-10(13(11)15)12(17)8-9-4-6-16-7-5-9/h1-7H,8H2. The van der Waals surface area contributed by atoms with Gasteiger partial charge in [-0.2, -0.15) is 0 Å².